The van der Waals surface area contributed by atoms with Gasteiger partial charge in [0.05, 0.1) is 22.1 Å². The molecule has 0 saturated heterocycles. The van der Waals surface area contributed by atoms with Gasteiger partial charge in [-0.2, -0.15) is 0 Å². The summed E-state index contributed by atoms with van der Waals surface area (Å²) < 4.78 is 2.39. The Bertz CT molecular complexity index is 3280. The number of nitrogens with zero attached hydrogens (tertiary/aromatic N) is 2. The van der Waals surface area contributed by atoms with Gasteiger partial charge in [0.15, 0.2) is 0 Å². The fourth-order valence-corrected chi connectivity index (χ4v) is 10.2. The van der Waals surface area contributed by atoms with Crippen molar-refractivity contribution in [2.45, 2.75) is 5.41 Å². The van der Waals surface area contributed by atoms with E-state index in [1.807, 2.05) is 0 Å². The van der Waals surface area contributed by atoms with Crippen molar-refractivity contribution in [1.29, 1.82) is 0 Å². The van der Waals surface area contributed by atoms with Gasteiger partial charge in [-0.25, -0.2) is 0 Å². The molecule has 276 valence electrons. The first kappa shape index (κ1) is 33.5. The summed E-state index contributed by atoms with van der Waals surface area (Å²) in [6.07, 6.45) is 0. The number of fused-ring (bicyclic) bond motifs is 9. The SMILES string of the molecule is c1ccc(C2(c3ccc(N(c4ccc(-n5c6ccccc6c6ccccc65)cc4)c4cc5ccccc5c5ccccc45)cc3)c3ccccc3-c3ccccc32)cc1. The first-order valence-corrected chi connectivity index (χ1v) is 20.4. The van der Waals surface area contributed by atoms with Gasteiger partial charge in [0.25, 0.3) is 0 Å². The normalized spacial score (nSPS) is 12.9. The van der Waals surface area contributed by atoms with Gasteiger partial charge in [0, 0.05) is 33.2 Å². The highest BCUT2D eigenvalue weighted by Crippen LogP contribution is 2.56. The summed E-state index contributed by atoms with van der Waals surface area (Å²) in [4.78, 5) is 2.44. The van der Waals surface area contributed by atoms with E-state index < -0.39 is 5.41 Å². The van der Waals surface area contributed by atoms with E-state index in [0.717, 1.165) is 22.7 Å². The van der Waals surface area contributed by atoms with Gasteiger partial charge in [-0.05, 0) is 104 Å². The molecule has 0 bridgehead atoms. The van der Waals surface area contributed by atoms with Gasteiger partial charge in [-0.3, -0.25) is 0 Å². The highest BCUT2D eigenvalue weighted by molar-refractivity contribution is 6.14. The van der Waals surface area contributed by atoms with E-state index in [9.17, 15) is 0 Å². The number of benzene rings is 10. The van der Waals surface area contributed by atoms with Crippen LogP contribution in [0.5, 0.6) is 0 Å². The maximum Gasteiger partial charge on any atom is 0.0713 e. The monoisotopic (exact) mass is 750 g/mol. The van der Waals surface area contributed by atoms with Crippen molar-refractivity contribution >= 4 is 60.4 Å². The number of rotatable bonds is 6. The van der Waals surface area contributed by atoms with E-state index in [4.69, 9.17) is 0 Å². The molecule has 1 aliphatic carbocycles. The van der Waals surface area contributed by atoms with Crippen molar-refractivity contribution < 1.29 is 0 Å². The van der Waals surface area contributed by atoms with Crippen LogP contribution in [0.4, 0.5) is 17.1 Å². The molecule has 0 saturated carbocycles. The molecule has 2 nitrogen and oxygen atoms in total. The van der Waals surface area contributed by atoms with Gasteiger partial charge >= 0.3 is 0 Å². The van der Waals surface area contributed by atoms with Crippen LogP contribution in [0.25, 0.3) is 60.2 Å². The molecule has 1 heterocycles. The number of para-hydroxylation sites is 2. The minimum absolute atomic E-state index is 0.461. The Morgan fingerprint density at radius 3 is 1.42 bits per heavy atom. The Hall–Kier alpha value is -7.68. The smallest absolute Gasteiger partial charge is 0.0713 e. The number of hydrogen-bond acceptors (Lipinski definition) is 1. The molecule has 11 aromatic rings. The van der Waals surface area contributed by atoms with E-state index in [1.165, 1.54) is 76.7 Å². The minimum atomic E-state index is -0.461. The van der Waals surface area contributed by atoms with E-state index in [-0.39, 0.29) is 0 Å². The molecular formula is C57H38N2. The molecule has 10 aromatic carbocycles. The molecule has 1 aliphatic rings. The summed E-state index contributed by atoms with van der Waals surface area (Å²) in [6.45, 7) is 0. The molecule has 59 heavy (non-hydrogen) atoms. The number of anilines is 3. The molecule has 0 radical (unpaired) electrons. The lowest BCUT2D eigenvalue weighted by Crippen LogP contribution is -2.28. The Kier molecular flexibility index (Phi) is 7.48. The third-order valence-electron chi connectivity index (χ3n) is 12.7. The van der Waals surface area contributed by atoms with Crippen LogP contribution >= 0.6 is 0 Å². The van der Waals surface area contributed by atoms with Gasteiger partial charge in [0.1, 0.15) is 0 Å². The summed E-state index contributed by atoms with van der Waals surface area (Å²) in [7, 11) is 0. The van der Waals surface area contributed by atoms with Crippen LogP contribution in [0.2, 0.25) is 0 Å². The highest BCUT2D eigenvalue weighted by atomic mass is 15.1. The van der Waals surface area contributed by atoms with Crippen molar-refractivity contribution in [2.24, 2.45) is 0 Å². The quantitative estimate of drug-likeness (QED) is 0.154. The maximum atomic E-state index is 2.44. The second-order valence-electron chi connectivity index (χ2n) is 15.6. The van der Waals surface area contributed by atoms with E-state index >= 15 is 0 Å². The largest absolute Gasteiger partial charge is 0.310 e. The lowest BCUT2D eigenvalue weighted by Gasteiger charge is -2.34. The van der Waals surface area contributed by atoms with E-state index in [2.05, 4.69) is 240 Å². The molecular weight excluding hydrogens is 713 g/mol. The summed E-state index contributed by atoms with van der Waals surface area (Å²) in [6, 6.07) is 84.8. The van der Waals surface area contributed by atoms with Gasteiger partial charge in [-0.1, -0.05) is 176 Å². The third-order valence-corrected chi connectivity index (χ3v) is 12.7. The fourth-order valence-electron chi connectivity index (χ4n) is 10.2. The van der Waals surface area contributed by atoms with Crippen LogP contribution in [0.3, 0.4) is 0 Å². The number of aromatic nitrogens is 1. The van der Waals surface area contributed by atoms with Gasteiger partial charge in [0.2, 0.25) is 0 Å². The molecule has 0 aliphatic heterocycles. The summed E-state index contributed by atoms with van der Waals surface area (Å²) >= 11 is 0. The topological polar surface area (TPSA) is 8.17 Å². The zero-order valence-electron chi connectivity index (χ0n) is 32.3. The zero-order chi connectivity index (χ0) is 38.9. The Balaban J connectivity index is 1.07. The molecule has 0 amide bonds. The first-order chi connectivity index (χ1) is 29.3. The van der Waals surface area contributed by atoms with Crippen LogP contribution in [0.1, 0.15) is 22.3 Å². The standard InChI is InChI=1S/C57H38N2/c1-2-17-40(18-3-1)57(52-26-12-8-21-47(52)48-22-9-13-27-53(48)57)41-30-32-42(33-31-41)58(56-38-39-16-4-5-19-45(39)46-20-6-7-23-49(46)56)43-34-36-44(37-35-43)59-54-28-14-10-24-50(54)51-25-11-15-29-55(51)59/h1-38H. The number of hydrogen-bond donors (Lipinski definition) is 0. The molecule has 12 rings (SSSR count). The summed E-state index contributed by atoms with van der Waals surface area (Å²) in [5.41, 5.74) is 14.2. The lowest BCUT2D eigenvalue weighted by atomic mass is 9.68. The van der Waals surface area contributed by atoms with Crippen LogP contribution in [0, 0.1) is 0 Å². The highest BCUT2D eigenvalue weighted by Gasteiger charge is 2.45. The van der Waals surface area contributed by atoms with Crippen molar-refractivity contribution in [1.82, 2.24) is 4.57 Å². The van der Waals surface area contributed by atoms with E-state index in [1.54, 1.807) is 0 Å². The van der Waals surface area contributed by atoms with Crippen LogP contribution in [-0.2, 0) is 5.41 Å². The minimum Gasteiger partial charge on any atom is -0.310 e. The van der Waals surface area contributed by atoms with Gasteiger partial charge < -0.3 is 9.47 Å². The molecule has 0 fully saturated rings. The average molecular weight is 751 g/mol. The molecule has 1 aromatic heterocycles. The van der Waals surface area contributed by atoms with Crippen molar-refractivity contribution in [3.63, 3.8) is 0 Å². The van der Waals surface area contributed by atoms with Crippen molar-refractivity contribution in [3.8, 4) is 16.8 Å². The second kappa shape index (κ2) is 13.2. The van der Waals surface area contributed by atoms with Crippen LogP contribution in [-0.4, -0.2) is 4.57 Å². The molecule has 0 unspecified atom stereocenters. The van der Waals surface area contributed by atoms with Crippen molar-refractivity contribution in [2.75, 3.05) is 4.90 Å². The Morgan fingerprint density at radius 2 is 0.797 bits per heavy atom. The third kappa shape index (κ3) is 4.93. The zero-order valence-corrected chi connectivity index (χ0v) is 32.3. The first-order valence-electron chi connectivity index (χ1n) is 20.4. The van der Waals surface area contributed by atoms with Gasteiger partial charge in [-0.15, -0.1) is 0 Å². The predicted molar refractivity (Wildman–Crippen MR) is 248 cm³/mol. The molecule has 0 spiro atoms. The maximum absolute atomic E-state index is 2.44. The van der Waals surface area contributed by atoms with E-state index in [0.29, 0.717) is 0 Å². The summed E-state index contributed by atoms with van der Waals surface area (Å²) in [5.74, 6) is 0. The Morgan fingerprint density at radius 1 is 0.339 bits per heavy atom. The predicted octanol–water partition coefficient (Wildman–Crippen LogP) is 14.9. The lowest BCUT2D eigenvalue weighted by molar-refractivity contribution is 0.768. The molecule has 2 heteroatoms. The fraction of sp³-hybridized carbons (Fsp3) is 0.0175. The van der Waals surface area contributed by atoms with Crippen molar-refractivity contribution in [3.05, 3.63) is 253 Å². The van der Waals surface area contributed by atoms with Crippen LogP contribution in [0.15, 0.2) is 231 Å². The second-order valence-corrected chi connectivity index (χ2v) is 15.6. The van der Waals surface area contributed by atoms with Crippen LogP contribution < -0.4 is 4.90 Å². The molecule has 0 N–H and O–H groups in total. The Labute approximate surface area is 343 Å². The average Bonchev–Trinajstić information content (AvgIpc) is 3.81. The molecule has 0 atom stereocenters. The summed E-state index contributed by atoms with van der Waals surface area (Å²) in [5, 5.41) is 7.45.